The average molecular weight is 337 g/mol. The highest BCUT2D eigenvalue weighted by atomic mass is 19.1. The highest BCUT2D eigenvalue weighted by Gasteiger charge is 2.20. The Morgan fingerprint density at radius 3 is 2.76 bits per heavy atom. The third kappa shape index (κ3) is 3.50. The highest BCUT2D eigenvalue weighted by molar-refractivity contribution is 5.95. The summed E-state index contributed by atoms with van der Waals surface area (Å²) in [7, 11) is 1.73. The molecule has 0 N–H and O–H groups in total. The van der Waals surface area contributed by atoms with E-state index < -0.39 is 5.82 Å². The van der Waals surface area contributed by atoms with Crippen molar-refractivity contribution in [2.24, 2.45) is 0 Å². The molecule has 0 saturated heterocycles. The number of hydrogen-bond donors (Lipinski definition) is 0. The van der Waals surface area contributed by atoms with Crippen LogP contribution in [0.4, 0.5) is 4.39 Å². The van der Waals surface area contributed by atoms with E-state index in [1.165, 1.54) is 6.07 Å². The van der Waals surface area contributed by atoms with Crippen LogP contribution in [0.3, 0.4) is 0 Å². The molecular weight excluding hydrogens is 317 g/mol. The molecule has 1 atom stereocenters. The van der Waals surface area contributed by atoms with Gasteiger partial charge in [0.25, 0.3) is 5.91 Å². The van der Waals surface area contributed by atoms with Crippen LogP contribution < -0.4 is 0 Å². The first-order chi connectivity index (χ1) is 12.0. The van der Waals surface area contributed by atoms with Gasteiger partial charge in [-0.3, -0.25) is 9.78 Å². The van der Waals surface area contributed by atoms with Gasteiger partial charge in [0.05, 0.1) is 0 Å². The molecule has 2 aromatic heterocycles. The maximum atomic E-state index is 13.9. The van der Waals surface area contributed by atoms with Crippen LogP contribution >= 0.6 is 0 Å². The van der Waals surface area contributed by atoms with Crippen LogP contribution in [0.25, 0.3) is 10.9 Å². The molecule has 4 nitrogen and oxygen atoms in total. The van der Waals surface area contributed by atoms with E-state index in [-0.39, 0.29) is 23.2 Å². The lowest BCUT2D eigenvalue weighted by atomic mass is 10.1. The van der Waals surface area contributed by atoms with E-state index in [0.29, 0.717) is 11.8 Å². The maximum Gasteiger partial charge on any atom is 0.272 e. The van der Waals surface area contributed by atoms with Gasteiger partial charge in [0.1, 0.15) is 17.0 Å². The van der Waals surface area contributed by atoms with Crippen molar-refractivity contribution in [2.75, 3.05) is 7.05 Å². The molecule has 128 valence electrons. The Hall–Kier alpha value is -2.82. The minimum atomic E-state index is -0.424. The summed E-state index contributed by atoms with van der Waals surface area (Å²) in [5, 5.41) is 0.677. The monoisotopic (exact) mass is 337 g/mol. The first-order valence-corrected chi connectivity index (χ1v) is 8.20. The van der Waals surface area contributed by atoms with Gasteiger partial charge in [0, 0.05) is 36.8 Å². The van der Waals surface area contributed by atoms with Crippen LogP contribution in [0.2, 0.25) is 0 Å². The Morgan fingerprint density at radius 1 is 1.20 bits per heavy atom. The number of para-hydroxylation sites is 1. The van der Waals surface area contributed by atoms with Gasteiger partial charge in [-0.1, -0.05) is 24.3 Å². The fourth-order valence-corrected chi connectivity index (χ4v) is 2.76. The zero-order chi connectivity index (χ0) is 18.0. The number of hydrogen-bond acceptors (Lipinski definition) is 3. The summed E-state index contributed by atoms with van der Waals surface area (Å²) in [6, 6.07) is 12.0. The van der Waals surface area contributed by atoms with Crippen molar-refractivity contribution < 1.29 is 9.18 Å². The minimum Gasteiger partial charge on any atom is -0.337 e. The van der Waals surface area contributed by atoms with Crippen LogP contribution in [-0.2, 0) is 6.42 Å². The number of rotatable bonds is 4. The summed E-state index contributed by atoms with van der Waals surface area (Å²) >= 11 is 0. The zero-order valence-corrected chi connectivity index (χ0v) is 14.5. The highest BCUT2D eigenvalue weighted by Crippen LogP contribution is 2.18. The first-order valence-electron chi connectivity index (χ1n) is 8.20. The van der Waals surface area contributed by atoms with E-state index in [0.717, 1.165) is 11.3 Å². The third-order valence-electron chi connectivity index (χ3n) is 4.48. The Bertz CT molecular complexity index is 926. The predicted molar refractivity (Wildman–Crippen MR) is 95.9 cm³/mol. The Balaban J connectivity index is 1.82. The Morgan fingerprint density at radius 2 is 2.00 bits per heavy atom. The fraction of sp³-hybridized carbons (Fsp3) is 0.250. The van der Waals surface area contributed by atoms with Crippen molar-refractivity contribution in [1.82, 2.24) is 14.9 Å². The molecule has 0 saturated carbocycles. The van der Waals surface area contributed by atoms with E-state index in [1.807, 2.05) is 26.0 Å². The molecular formula is C20H20FN3O. The second-order valence-corrected chi connectivity index (χ2v) is 6.24. The Labute approximate surface area is 146 Å². The molecule has 0 aliphatic rings. The van der Waals surface area contributed by atoms with E-state index in [9.17, 15) is 9.18 Å². The second-order valence-electron chi connectivity index (χ2n) is 6.24. The van der Waals surface area contributed by atoms with Crippen LogP contribution in [0.1, 0.15) is 28.7 Å². The summed E-state index contributed by atoms with van der Waals surface area (Å²) in [5.74, 6) is -0.654. The standard InChI is InChI=1S/C20H20FN3O/c1-13-6-5-11-22-18(13)12-14(2)24(3)20(25)17-10-9-15-7-4-8-16(21)19(15)23-17/h4-11,14H,12H2,1-3H3. The lowest BCUT2D eigenvalue weighted by Gasteiger charge is -2.25. The van der Waals surface area contributed by atoms with Gasteiger partial charge in [-0.2, -0.15) is 0 Å². The van der Waals surface area contributed by atoms with Gasteiger partial charge in [-0.25, -0.2) is 9.37 Å². The summed E-state index contributed by atoms with van der Waals surface area (Å²) in [4.78, 5) is 23.0. The number of benzene rings is 1. The van der Waals surface area contributed by atoms with Crippen molar-refractivity contribution >= 4 is 16.8 Å². The molecule has 0 spiro atoms. The smallest absolute Gasteiger partial charge is 0.272 e. The number of fused-ring (bicyclic) bond motifs is 1. The molecule has 0 aliphatic carbocycles. The van der Waals surface area contributed by atoms with Gasteiger partial charge in [-0.05, 0) is 37.6 Å². The lowest BCUT2D eigenvalue weighted by molar-refractivity contribution is 0.0737. The SMILES string of the molecule is Cc1cccnc1CC(C)N(C)C(=O)c1ccc2cccc(F)c2n1. The number of pyridine rings is 2. The fourth-order valence-electron chi connectivity index (χ4n) is 2.76. The van der Waals surface area contributed by atoms with Crippen molar-refractivity contribution in [3.05, 3.63) is 71.4 Å². The second kappa shape index (κ2) is 6.97. The molecule has 0 radical (unpaired) electrons. The molecule has 5 heteroatoms. The van der Waals surface area contributed by atoms with E-state index in [4.69, 9.17) is 0 Å². The summed E-state index contributed by atoms with van der Waals surface area (Å²) < 4.78 is 13.9. The molecule has 0 bridgehead atoms. The number of likely N-dealkylation sites (N-methyl/N-ethyl adjacent to an activating group) is 1. The lowest BCUT2D eigenvalue weighted by Crippen LogP contribution is -2.37. The molecule has 25 heavy (non-hydrogen) atoms. The number of carbonyl (C=O) groups excluding carboxylic acids is 1. The maximum absolute atomic E-state index is 13.9. The van der Waals surface area contributed by atoms with Crippen molar-refractivity contribution in [3.8, 4) is 0 Å². The van der Waals surface area contributed by atoms with E-state index in [1.54, 1.807) is 42.4 Å². The van der Waals surface area contributed by atoms with Crippen molar-refractivity contribution in [2.45, 2.75) is 26.3 Å². The molecule has 3 aromatic rings. The van der Waals surface area contributed by atoms with E-state index in [2.05, 4.69) is 9.97 Å². The number of aromatic nitrogens is 2. The van der Waals surface area contributed by atoms with Gasteiger partial charge < -0.3 is 4.90 Å². The van der Waals surface area contributed by atoms with Crippen LogP contribution in [0.15, 0.2) is 48.7 Å². The van der Waals surface area contributed by atoms with Crippen molar-refractivity contribution in [1.29, 1.82) is 0 Å². The topological polar surface area (TPSA) is 46.1 Å². The molecule has 0 aliphatic heterocycles. The largest absolute Gasteiger partial charge is 0.337 e. The van der Waals surface area contributed by atoms with E-state index >= 15 is 0 Å². The quantitative estimate of drug-likeness (QED) is 0.728. The summed E-state index contributed by atoms with van der Waals surface area (Å²) in [6.07, 6.45) is 2.40. The van der Waals surface area contributed by atoms with Crippen LogP contribution in [0, 0.1) is 12.7 Å². The van der Waals surface area contributed by atoms with Crippen LogP contribution in [0.5, 0.6) is 0 Å². The normalized spacial score (nSPS) is 12.2. The van der Waals surface area contributed by atoms with Gasteiger partial charge in [0.2, 0.25) is 0 Å². The number of halogens is 1. The van der Waals surface area contributed by atoms with Gasteiger partial charge >= 0.3 is 0 Å². The molecule has 1 amide bonds. The summed E-state index contributed by atoms with van der Waals surface area (Å²) in [5.41, 5.74) is 2.52. The van der Waals surface area contributed by atoms with Gasteiger partial charge in [0.15, 0.2) is 0 Å². The minimum absolute atomic E-state index is 0.0563. The molecule has 2 heterocycles. The molecule has 1 aromatic carbocycles. The first kappa shape index (κ1) is 17.0. The number of aryl methyl sites for hydroxylation is 1. The number of nitrogens with zero attached hydrogens (tertiary/aromatic N) is 3. The summed E-state index contributed by atoms with van der Waals surface area (Å²) in [6.45, 7) is 3.97. The van der Waals surface area contributed by atoms with Crippen molar-refractivity contribution in [3.63, 3.8) is 0 Å². The van der Waals surface area contributed by atoms with Gasteiger partial charge in [-0.15, -0.1) is 0 Å². The zero-order valence-electron chi connectivity index (χ0n) is 14.5. The molecule has 0 fully saturated rings. The Kier molecular flexibility index (Phi) is 4.74. The average Bonchev–Trinajstić information content (AvgIpc) is 2.62. The molecule has 1 unspecified atom stereocenters. The number of carbonyl (C=O) groups is 1. The van der Waals surface area contributed by atoms with Crippen LogP contribution in [-0.4, -0.2) is 33.9 Å². The number of amides is 1. The third-order valence-corrected chi connectivity index (χ3v) is 4.48. The predicted octanol–water partition coefficient (Wildman–Crippen LogP) is 3.78. The molecule has 3 rings (SSSR count).